The average Bonchev–Trinajstić information content (AvgIpc) is 3.44. The Kier molecular flexibility index (Phi) is 4.75. The van der Waals surface area contributed by atoms with E-state index in [0.717, 1.165) is 18.4 Å². The Morgan fingerprint density at radius 2 is 1.86 bits per heavy atom. The maximum Gasteiger partial charge on any atom is 0.224 e. The van der Waals surface area contributed by atoms with E-state index in [1.165, 1.54) is 16.5 Å². The summed E-state index contributed by atoms with van der Waals surface area (Å²) in [5.74, 6) is 1.33. The predicted octanol–water partition coefficient (Wildman–Crippen LogP) is 3.59. The van der Waals surface area contributed by atoms with Crippen LogP contribution in [0.5, 0.6) is 11.5 Å². The minimum Gasteiger partial charge on any atom is -0.493 e. The fourth-order valence-corrected chi connectivity index (χ4v) is 3.96. The highest BCUT2D eigenvalue weighted by Crippen LogP contribution is 2.50. The third-order valence-corrected chi connectivity index (χ3v) is 5.76. The quantitative estimate of drug-likeness (QED) is 0.684. The minimum absolute atomic E-state index is 0.0266. The number of nitrogens with one attached hydrogen (secondary N) is 1. The zero-order valence-corrected chi connectivity index (χ0v) is 16.6. The van der Waals surface area contributed by atoms with Gasteiger partial charge in [-0.2, -0.15) is 0 Å². The molecular formula is C23H26N2O3. The zero-order valence-electron chi connectivity index (χ0n) is 16.6. The first kappa shape index (κ1) is 18.4. The maximum absolute atomic E-state index is 12.6. The average molecular weight is 378 g/mol. The van der Waals surface area contributed by atoms with Crippen molar-refractivity contribution in [2.24, 2.45) is 7.05 Å². The number of benzene rings is 2. The number of amides is 1. The van der Waals surface area contributed by atoms with E-state index in [1.807, 2.05) is 18.2 Å². The highest BCUT2D eigenvalue weighted by molar-refractivity contribution is 5.86. The van der Waals surface area contributed by atoms with E-state index in [2.05, 4.69) is 47.4 Å². The van der Waals surface area contributed by atoms with Crippen LogP contribution in [0.25, 0.3) is 10.9 Å². The molecule has 0 atom stereocenters. The number of rotatable bonds is 7. The van der Waals surface area contributed by atoms with Crippen LogP contribution < -0.4 is 14.8 Å². The smallest absolute Gasteiger partial charge is 0.224 e. The topological polar surface area (TPSA) is 52.5 Å². The Balaban J connectivity index is 1.45. The minimum atomic E-state index is 0.0266. The van der Waals surface area contributed by atoms with Crippen molar-refractivity contribution in [1.82, 2.24) is 9.88 Å². The van der Waals surface area contributed by atoms with Gasteiger partial charge in [-0.1, -0.05) is 24.3 Å². The molecule has 1 amide bonds. The van der Waals surface area contributed by atoms with E-state index in [4.69, 9.17) is 9.47 Å². The van der Waals surface area contributed by atoms with Gasteiger partial charge in [0.1, 0.15) is 0 Å². The Morgan fingerprint density at radius 1 is 1.11 bits per heavy atom. The highest BCUT2D eigenvalue weighted by Gasteiger charge is 2.46. The van der Waals surface area contributed by atoms with Crippen molar-refractivity contribution in [3.05, 3.63) is 59.8 Å². The van der Waals surface area contributed by atoms with Crippen LogP contribution >= 0.6 is 0 Å². The van der Waals surface area contributed by atoms with Crippen molar-refractivity contribution in [3.63, 3.8) is 0 Å². The lowest BCUT2D eigenvalue weighted by atomic mass is 9.95. The molecule has 28 heavy (non-hydrogen) atoms. The van der Waals surface area contributed by atoms with Crippen molar-refractivity contribution in [2.75, 3.05) is 20.8 Å². The first-order valence-corrected chi connectivity index (χ1v) is 9.58. The molecule has 0 radical (unpaired) electrons. The first-order valence-electron chi connectivity index (χ1n) is 9.58. The summed E-state index contributed by atoms with van der Waals surface area (Å²) >= 11 is 0. The molecule has 1 fully saturated rings. The lowest BCUT2D eigenvalue weighted by Gasteiger charge is -2.16. The molecule has 4 rings (SSSR count). The van der Waals surface area contributed by atoms with Crippen molar-refractivity contribution < 1.29 is 14.3 Å². The molecular weight excluding hydrogens is 352 g/mol. The van der Waals surface area contributed by atoms with E-state index in [9.17, 15) is 4.79 Å². The Bertz CT molecular complexity index is 1020. The molecule has 146 valence electrons. The molecule has 1 aliphatic rings. The first-order chi connectivity index (χ1) is 13.6. The second-order valence-corrected chi connectivity index (χ2v) is 7.59. The molecule has 1 heterocycles. The predicted molar refractivity (Wildman–Crippen MR) is 110 cm³/mol. The molecule has 1 saturated carbocycles. The van der Waals surface area contributed by atoms with Gasteiger partial charge >= 0.3 is 0 Å². The standard InChI is InChI=1S/C23H26N2O3/c1-25-14-18(17-6-4-5-7-19(17)25)23(10-11-23)15-24-22(26)13-16-8-9-20(27-2)21(12-16)28-3/h4-9,12,14H,10-11,13,15H2,1-3H3,(H,24,26). The number of carbonyl (C=O) groups excluding carboxylic acids is 1. The van der Waals surface area contributed by atoms with Crippen LogP contribution in [0, 0.1) is 0 Å². The van der Waals surface area contributed by atoms with Gasteiger partial charge in [0.05, 0.1) is 20.6 Å². The van der Waals surface area contributed by atoms with E-state index in [-0.39, 0.29) is 11.3 Å². The number of hydrogen-bond donors (Lipinski definition) is 1. The number of nitrogens with zero attached hydrogens (tertiary/aromatic N) is 1. The molecule has 3 aromatic rings. The number of ether oxygens (including phenoxy) is 2. The number of methoxy groups -OCH3 is 2. The molecule has 0 spiro atoms. The third-order valence-electron chi connectivity index (χ3n) is 5.76. The molecule has 1 aromatic heterocycles. The Hall–Kier alpha value is -2.95. The van der Waals surface area contributed by atoms with Crippen molar-refractivity contribution in [1.29, 1.82) is 0 Å². The van der Waals surface area contributed by atoms with Gasteiger partial charge < -0.3 is 19.4 Å². The van der Waals surface area contributed by atoms with Gasteiger partial charge in [0, 0.05) is 36.1 Å². The fraction of sp³-hybridized carbons (Fsp3) is 0.348. The summed E-state index contributed by atoms with van der Waals surface area (Å²) in [5.41, 5.74) is 3.55. The van der Waals surface area contributed by atoms with Crippen LogP contribution in [0.2, 0.25) is 0 Å². The van der Waals surface area contributed by atoms with E-state index >= 15 is 0 Å². The second kappa shape index (κ2) is 7.23. The van der Waals surface area contributed by atoms with Crippen LogP contribution in [-0.4, -0.2) is 31.2 Å². The molecule has 2 aromatic carbocycles. The van der Waals surface area contributed by atoms with E-state index < -0.39 is 0 Å². The number of fused-ring (bicyclic) bond motifs is 1. The number of aryl methyl sites for hydroxylation is 1. The number of para-hydroxylation sites is 1. The Labute approximate surface area is 165 Å². The summed E-state index contributed by atoms with van der Waals surface area (Å²) in [4.78, 5) is 12.6. The summed E-state index contributed by atoms with van der Waals surface area (Å²) in [6.07, 6.45) is 4.76. The van der Waals surface area contributed by atoms with Gasteiger partial charge in [0.25, 0.3) is 0 Å². The highest BCUT2D eigenvalue weighted by atomic mass is 16.5. The molecule has 1 N–H and O–H groups in total. The van der Waals surface area contributed by atoms with Gasteiger partial charge in [0.2, 0.25) is 5.91 Å². The molecule has 0 saturated heterocycles. The second-order valence-electron chi connectivity index (χ2n) is 7.59. The molecule has 0 bridgehead atoms. The molecule has 0 unspecified atom stereocenters. The lowest BCUT2D eigenvalue weighted by molar-refractivity contribution is -0.120. The van der Waals surface area contributed by atoms with Crippen LogP contribution in [0.1, 0.15) is 24.0 Å². The Morgan fingerprint density at radius 3 is 2.57 bits per heavy atom. The number of aromatic nitrogens is 1. The van der Waals surface area contributed by atoms with Gasteiger partial charge in [0.15, 0.2) is 11.5 Å². The normalized spacial score (nSPS) is 14.7. The van der Waals surface area contributed by atoms with Crippen molar-refractivity contribution >= 4 is 16.8 Å². The van der Waals surface area contributed by atoms with Crippen molar-refractivity contribution in [2.45, 2.75) is 24.7 Å². The molecule has 5 heteroatoms. The summed E-state index contributed by atoms with van der Waals surface area (Å²) in [6, 6.07) is 14.1. The van der Waals surface area contributed by atoms with Gasteiger partial charge in [-0.3, -0.25) is 4.79 Å². The summed E-state index contributed by atoms with van der Waals surface area (Å²) in [5, 5.41) is 4.44. The number of hydrogen-bond acceptors (Lipinski definition) is 3. The SMILES string of the molecule is COc1ccc(CC(=O)NCC2(c3cn(C)c4ccccc34)CC2)cc1OC. The van der Waals surface area contributed by atoms with Crippen LogP contribution in [0.3, 0.4) is 0 Å². The number of carbonyl (C=O) groups is 1. The maximum atomic E-state index is 12.6. The van der Waals surface area contributed by atoms with Crippen LogP contribution in [0.15, 0.2) is 48.7 Å². The van der Waals surface area contributed by atoms with Gasteiger partial charge in [-0.15, -0.1) is 0 Å². The third kappa shape index (κ3) is 3.33. The summed E-state index contributed by atoms with van der Waals surface area (Å²) in [6.45, 7) is 0.674. The molecule has 0 aliphatic heterocycles. The van der Waals surface area contributed by atoms with Gasteiger partial charge in [-0.25, -0.2) is 0 Å². The fourth-order valence-electron chi connectivity index (χ4n) is 3.96. The molecule has 5 nitrogen and oxygen atoms in total. The lowest BCUT2D eigenvalue weighted by Crippen LogP contribution is -2.33. The monoisotopic (exact) mass is 378 g/mol. The summed E-state index contributed by atoms with van der Waals surface area (Å²) in [7, 11) is 5.28. The van der Waals surface area contributed by atoms with Crippen molar-refractivity contribution in [3.8, 4) is 11.5 Å². The van der Waals surface area contributed by atoms with Crippen LogP contribution in [-0.2, 0) is 23.7 Å². The summed E-state index contributed by atoms with van der Waals surface area (Å²) < 4.78 is 12.8. The van der Waals surface area contributed by atoms with Crippen LogP contribution in [0.4, 0.5) is 0 Å². The van der Waals surface area contributed by atoms with E-state index in [0.29, 0.717) is 24.5 Å². The largest absolute Gasteiger partial charge is 0.493 e. The zero-order chi connectivity index (χ0) is 19.7. The van der Waals surface area contributed by atoms with E-state index in [1.54, 1.807) is 14.2 Å². The van der Waals surface area contributed by atoms with Gasteiger partial charge in [-0.05, 0) is 42.2 Å². The molecule has 1 aliphatic carbocycles.